The van der Waals surface area contributed by atoms with Crippen molar-refractivity contribution in [1.29, 1.82) is 0 Å². The fourth-order valence-electron chi connectivity index (χ4n) is 5.60. The molecule has 1 heterocycles. The van der Waals surface area contributed by atoms with Crippen LogP contribution in [0, 0.1) is 17.8 Å². The van der Waals surface area contributed by atoms with Crippen molar-refractivity contribution in [3.63, 3.8) is 0 Å². The average molecular weight is 449 g/mol. The van der Waals surface area contributed by atoms with Crippen LogP contribution in [0.2, 0.25) is 0 Å². The number of carbonyl (C=O) groups excluding carboxylic acids is 2. The molecule has 32 heavy (non-hydrogen) atoms. The average Bonchev–Trinajstić information content (AvgIpc) is 2.69. The van der Waals surface area contributed by atoms with E-state index >= 15 is 0 Å². The van der Waals surface area contributed by atoms with Crippen LogP contribution in [0.4, 0.5) is 0 Å². The summed E-state index contributed by atoms with van der Waals surface area (Å²) in [5.74, 6) is 1.66. The van der Waals surface area contributed by atoms with Gasteiger partial charge in [0.25, 0.3) is 0 Å². The van der Waals surface area contributed by atoms with Gasteiger partial charge < -0.3 is 9.84 Å². The van der Waals surface area contributed by atoms with Gasteiger partial charge in [-0.05, 0) is 69.4 Å². The first-order chi connectivity index (χ1) is 14.8. The minimum atomic E-state index is -1.73. The summed E-state index contributed by atoms with van der Waals surface area (Å²) in [6, 6.07) is 0. The Bertz CT molecular complexity index is 696. The highest BCUT2D eigenvalue weighted by Crippen LogP contribution is 2.48. The number of hydrogen-bond donors (Lipinski definition) is 1. The van der Waals surface area contributed by atoms with Gasteiger partial charge in [0, 0.05) is 0 Å². The van der Waals surface area contributed by atoms with Gasteiger partial charge in [0.05, 0.1) is 5.60 Å². The summed E-state index contributed by atoms with van der Waals surface area (Å²) in [5.41, 5.74) is -3.37. The normalized spacial score (nSPS) is 32.6. The second-order valence-electron chi connectivity index (χ2n) is 11.8. The molecule has 4 heteroatoms. The van der Waals surface area contributed by atoms with Crippen molar-refractivity contribution >= 4 is 11.6 Å². The lowest BCUT2D eigenvalue weighted by molar-refractivity contribution is -0.249. The first kappa shape index (κ1) is 27.2. The van der Waals surface area contributed by atoms with Crippen molar-refractivity contribution < 1.29 is 19.4 Å². The van der Waals surface area contributed by atoms with Gasteiger partial charge in [-0.3, -0.25) is 9.59 Å². The van der Waals surface area contributed by atoms with Crippen molar-refractivity contribution in [1.82, 2.24) is 0 Å². The van der Waals surface area contributed by atoms with E-state index in [2.05, 4.69) is 27.7 Å². The lowest BCUT2D eigenvalue weighted by atomic mass is 9.65. The monoisotopic (exact) mass is 448 g/mol. The summed E-state index contributed by atoms with van der Waals surface area (Å²) in [6.45, 7) is 14.6. The molecule has 2 rings (SSSR count). The second kappa shape index (κ2) is 11.0. The molecule has 2 aliphatic rings. The van der Waals surface area contributed by atoms with E-state index in [1.54, 1.807) is 13.8 Å². The molecule has 1 fully saturated rings. The van der Waals surface area contributed by atoms with Crippen molar-refractivity contribution in [3.05, 3.63) is 11.6 Å². The van der Waals surface area contributed by atoms with E-state index in [9.17, 15) is 14.7 Å². The summed E-state index contributed by atoms with van der Waals surface area (Å²) in [7, 11) is 0. The molecule has 4 nitrogen and oxygen atoms in total. The number of carbonyl (C=O) groups is 2. The molecule has 5 atom stereocenters. The standard InChI is InChI=1S/C28H48O4/c1-20(2)11-8-12-21(3)13-9-14-22(4)15-10-16-26(6)17-18-28(31)25(30)23(5)19-24(29)27(28,7)32-26/h19-22,31H,8-18H2,1-7H3/t21-,22-,26?,27?,28?/m1/s1. The number of aliphatic hydroxyl groups is 1. The molecule has 0 aromatic carbocycles. The highest BCUT2D eigenvalue weighted by atomic mass is 16.5. The predicted molar refractivity (Wildman–Crippen MR) is 131 cm³/mol. The number of ether oxygens (including phenoxy) is 1. The molecule has 0 amide bonds. The van der Waals surface area contributed by atoms with Gasteiger partial charge in [0.2, 0.25) is 0 Å². The Labute approximate surface area is 196 Å². The Morgan fingerprint density at radius 3 is 2.00 bits per heavy atom. The molecule has 0 spiro atoms. The fourth-order valence-corrected chi connectivity index (χ4v) is 5.60. The van der Waals surface area contributed by atoms with E-state index in [0.29, 0.717) is 17.9 Å². The van der Waals surface area contributed by atoms with Crippen LogP contribution >= 0.6 is 0 Å². The molecule has 184 valence electrons. The fraction of sp³-hybridized carbons (Fsp3) is 0.857. The van der Waals surface area contributed by atoms with Crippen LogP contribution in [0.3, 0.4) is 0 Å². The summed E-state index contributed by atoms with van der Waals surface area (Å²) in [5, 5.41) is 11.1. The van der Waals surface area contributed by atoms with Gasteiger partial charge in [0.15, 0.2) is 22.8 Å². The summed E-state index contributed by atoms with van der Waals surface area (Å²) < 4.78 is 6.28. The highest BCUT2D eigenvalue weighted by Gasteiger charge is 2.64. The van der Waals surface area contributed by atoms with E-state index in [4.69, 9.17) is 4.74 Å². The van der Waals surface area contributed by atoms with Crippen LogP contribution in [0.1, 0.15) is 119 Å². The molecule has 1 saturated heterocycles. The van der Waals surface area contributed by atoms with E-state index in [-0.39, 0.29) is 18.0 Å². The number of hydrogen-bond acceptors (Lipinski definition) is 4. The van der Waals surface area contributed by atoms with Crippen molar-refractivity contribution in [2.45, 2.75) is 136 Å². The number of fused-ring (bicyclic) bond motifs is 1. The van der Waals surface area contributed by atoms with Crippen LogP contribution in [0.15, 0.2) is 11.6 Å². The zero-order chi connectivity index (χ0) is 24.2. The zero-order valence-corrected chi connectivity index (χ0v) is 21.8. The third kappa shape index (κ3) is 6.32. The molecule has 0 saturated carbocycles. The maximum absolute atomic E-state index is 12.7. The third-order valence-electron chi connectivity index (χ3n) is 8.08. The minimum absolute atomic E-state index is 0.278. The molecule has 0 aromatic rings. The van der Waals surface area contributed by atoms with Crippen LogP contribution < -0.4 is 0 Å². The van der Waals surface area contributed by atoms with Crippen LogP contribution in [-0.4, -0.2) is 33.5 Å². The lowest BCUT2D eigenvalue weighted by Gasteiger charge is -2.53. The Morgan fingerprint density at radius 2 is 1.44 bits per heavy atom. The Balaban J connectivity index is 1.76. The molecular weight excluding hydrogens is 400 g/mol. The quantitative estimate of drug-likeness (QED) is 0.366. The molecule has 0 bridgehead atoms. The molecule has 0 radical (unpaired) electrons. The summed E-state index contributed by atoms with van der Waals surface area (Å²) >= 11 is 0. The van der Waals surface area contributed by atoms with E-state index in [0.717, 1.165) is 31.1 Å². The summed E-state index contributed by atoms with van der Waals surface area (Å²) in [4.78, 5) is 25.4. The van der Waals surface area contributed by atoms with Crippen LogP contribution in [-0.2, 0) is 14.3 Å². The first-order valence-electron chi connectivity index (χ1n) is 13.0. The third-order valence-corrected chi connectivity index (χ3v) is 8.08. The number of rotatable bonds is 12. The van der Waals surface area contributed by atoms with Crippen LogP contribution in [0.25, 0.3) is 0 Å². The molecule has 0 aromatic heterocycles. The Morgan fingerprint density at radius 1 is 0.906 bits per heavy atom. The van der Waals surface area contributed by atoms with Gasteiger partial charge in [-0.2, -0.15) is 0 Å². The maximum Gasteiger partial charge on any atom is 0.193 e. The van der Waals surface area contributed by atoms with Gasteiger partial charge in [-0.15, -0.1) is 0 Å². The molecule has 1 aliphatic heterocycles. The predicted octanol–water partition coefficient (Wildman–Crippen LogP) is 6.58. The molecular formula is C28H48O4. The Kier molecular flexibility index (Phi) is 9.32. The van der Waals surface area contributed by atoms with Crippen LogP contribution in [0.5, 0.6) is 0 Å². The van der Waals surface area contributed by atoms with Crippen molar-refractivity contribution in [2.75, 3.05) is 0 Å². The lowest BCUT2D eigenvalue weighted by Crippen LogP contribution is -2.70. The number of Topliss-reactive ketones (excluding diaryl/α,β-unsaturated/α-hetero) is 1. The number of ketones is 2. The topological polar surface area (TPSA) is 63.6 Å². The van der Waals surface area contributed by atoms with E-state index in [1.807, 2.05) is 6.92 Å². The molecule has 3 unspecified atom stereocenters. The molecule has 1 aliphatic carbocycles. The van der Waals surface area contributed by atoms with E-state index in [1.165, 1.54) is 44.6 Å². The molecule has 1 N–H and O–H groups in total. The van der Waals surface area contributed by atoms with Gasteiger partial charge in [0.1, 0.15) is 0 Å². The van der Waals surface area contributed by atoms with Crippen molar-refractivity contribution in [2.24, 2.45) is 17.8 Å². The van der Waals surface area contributed by atoms with Gasteiger partial charge >= 0.3 is 0 Å². The van der Waals surface area contributed by atoms with E-state index < -0.39 is 16.8 Å². The first-order valence-corrected chi connectivity index (χ1v) is 13.0. The largest absolute Gasteiger partial charge is 0.378 e. The van der Waals surface area contributed by atoms with Crippen molar-refractivity contribution in [3.8, 4) is 0 Å². The highest BCUT2D eigenvalue weighted by molar-refractivity contribution is 6.17. The Hall–Kier alpha value is -1.00. The SMILES string of the molecule is CC1=CC(=O)C2(C)OC(C)(CCC[C@H](C)CCC[C@H](C)CCCC(C)C)CCC2(O)C1=O. The second-order valence-corrected chi connectivity index (χ2v) is 11.8. The minimum Gasteiger partial charge on any atom is -0.378 e. The zero-order valence-electron chi connectivity index (χ0n) is 21.8. The summed E-state index contributed by atoms with van der Waals surface area (Å²) in [6.07, 6.45) is 13.2. The maximum atomic E-state index is 12.7. The van der Waals surface area contributed by atoms with Gasteiger partial charge in [-0.25, -0.2) is 0 Å². The smallest absolute Gasteiger partial charge is 0.193 e. The van der Waals surface area contributed by atoms with Gasteiger partial charge in [-0.1, -0.05) is 79.1 Å².